The molecule has 2 aromatic carbocycles. The number of anilines is 2. The number of benzene rings is 2. The Balaban J connectivity index is 1.61. The normalized spacial score (nSPS) is 19.6. The van der Waals surface area contributed by atoms with Crippen LogP contribution in [-0.4, -0.2) is 69.1 Å². The van der Waals surface area contributed by atoms with Gasteiger partial charge >= 0.3 is 0 Å². The minimum absolute atomic E-state index is 0.0114. The number of Topliss-reactive ketones (excluding diaryl/α,β-unsaturated/α-hetero) is 1. The molecule has 2 aliphatic heterocycles. The lowest BCUT2D eigenvalue weighted by Crippen LogP contribution is -2.44. The number of methoxy groups -OCH3 is 2. The Morgan fingerprint density at radius 3 is 2.21 bits per heavy atom. The molecule has 5 rings (SSSR count). The van der Waals surface area contributed by atoms with Crippen LogP contribution in [0.1, 0.15) is 17.4 Å². The number of rotatable bonds is 6. The molecule has 0 aliphatic carbocycles. The maximum Gasteiger partial charge on any atom is 0.300 e. The van der Waals surface area contributed by atoms with Gasteiger partial charge in [-0.05, 0) is 49.5 Å². The standard InChI is InChI=1S/C28H27Cl2N3O6/c1-31-10-12-32(13-11-31)16-6-8-17(9-7-16)33-23(20-5-4-14-39-20)21(25(35)28(33)36)24(34)18-15-19(29)27(38-3)22(30)26(18)37-2/h4-9,14-15,23,34H,10-13H2,1-3H3/b24-21-. The highest BCUT2D eigenvalue weighted by atomic mass is 35.5. The summed E-state index contributed by atoms with van der Waals surface area (Å²) in [6, 6.07) is 11.0. The molecule has 0 spiro atoms. The summed E-state index contributed by atoms with van der Waals surface area (Å²) < 4.78 is 16.3. The van der Waals surface area contributed by atoms with Gasteiger partial charge in [0.1, 0.15) is 22.6 Å². The molecule has 1 atom stereocenters. The summed E-state index contributed by atoms with van der Waals surface area (Å²) in [5.74, 6) is -1.72. The van der Waals surface area contributed by atoms with Crippen LogP contribution in [-0.2, 0) is 9.59 Å². The average Bonchev–Trinajstić information content (AvgIpc) is 3.55. The molecule has 204 valence electrons. The first-order chi connectivity index (χ1) is 18.8. The number of likely N-dealkylation sites (N-methyl/N-ethyl adjacent to an activating group) is 1. The Bertz CT molecular complexity index is 1430. The Labute approximate surface area is 235 Å². The molecule has 3 aromatic rings. The first-order valence-corrected chi connectivity index (χ1v) is 13.0. The highest BCUT2D eigenvalue weighted by Crippen LogP contribution is 2.48. The largest absolute Gasteiger partial charge is 0.507 e. The van der Waals surface area contributed by atoms with E-state index in [9.17, 15) is 14.7 Å². The maximum atomic E-state index is 13.5. The van der Waals surface area contributed by atoms with Crippen LogP contribution in [0.2, 0.25) is 10.0 Å². The van der Waals surface area contributed by atoms with Gasteiger partial charge in [0, 0.05) is 37.6 Å². The van der Waals surface area contributed by atoms with Gasteiger partial charge in [0.05, 0.1) is 36.6 Å². The van der Waals surface area contributed by atoms with Gasteiger partial charge < -0.3 is 28.8 Å². The maximum absolute atomic E-state index is 13.5. The van der Waals surface area contributed by atoms with Crippen LogP contribution in [0.15, 0.2) is 58.7 Å². The van der Waals surface area contributed by atoms with Crippen LogP contribution in [0.4, 0.5) is 11.4 Å². The molecular weight excluding hydrogens is 545 g/mol. The minimum atomic E-state index is -1.04. The summed E-state index contributed by atoms with van der Waals surface area (Å²) >= 11 is 12.8. The van der Waals surface area contributed by atoms with E-state index in [1.807, 2.05) is 12.1 Å². The lowest BCUT2D eigenvalue weighted by Gasteiger charge is -2.34. The highest BCUT2D eigenvalue weighted by Gasteiger charge is 2.48. The number of ketones is 1. The van der Waals surface area contributed by atoms with E-state index < -0.39 is 23.5 Å². The number of amides is 1. The monoisotopic (exact) mass is 571 g/mol. The zero-order valence-electron chi connectivity index (χ0n) is 21.6. The van der Waals surface area contributed by atoms with Gasteiger partial charge in [-0.2, -0.15) is 0 Å². The number of ether oxygens (including phenoxy) is 2. The van der Waals surface area contributed by atoms with Crippen molar-refractivity contribution in [3.63, 3.8) is 0 Å². The van der Waals surface area contributed by atoms with E-state index in [-0.39, 0.29) is 32.7 Å². The van der Waals surface area contributed by atoms with E-state index in [0.29, 0.717) is 11.4 Å². The fraction of sp³-hybridized carbons (Fsp3) is 0.286. The first-order valence-electron chi connectivity index (χ1n) is 12.2. The second-order valence-corrected chi connectivity index (χ2v) is 10.1. The third-order valence-corrected chi connectivity index (χ3v) is 7.67. The topological polar surface area (TPSA) is 95.7 Å². The van der Waals surface area contributed by atoms with Crippen molar-refractivity contribution >= 4 is 52.0 Å². The summed E-state index contributed by atoms with van der Waals surface area (Å²) in [5, 5.41) is 11.6. The number of hydrogen-bond donors (Lipinski definition) is 1. The van der Waals surface area contributed by atoms with Crippen molar-refractivity contribution in [1.29, 1.82) is 0 Å². The van der Waals surface area contributed by atoms with Crippen molar-refractivity contribution < 1.29 is 28.6 Å². The van der Waals surface area contributed by atoms with Crippen LogP contribution in [0.25, 0.3) is 5.76 Å². The van der Waals surface area contributed by atoms with E-state index in [2.05, 4.69) is 16.8 Å². The third-order valence-electron chi connectivity index (χ3n) is 7.05. The van der Waals surface area contributed by atoms with Crippen LogP contribution in [0.5, 0.6) is 11.5 Å². The SMILES string of the molecule is COc1c(Cl)cc(/C(O)=C2/C(=O)C(=O)N(c3ccc(N4CCN(C)CC4)cc3)C2c2ccco2)c(OC)c1Cl. The number of nitrogens with zero attached hydrogens (tertiary/aromatic N) is 3. The first kappa shape index (κ1) is 26.9. The molecule has 1 N–H and O–H groups in total. The summed E-state index contributed by atoms with van der Waals surface area (Å²) in [7, 11) is 4.84. The second kappa shape index (κ2) is 10.8. The van der Waals surface area contributed by atoms with Gasteiger partial charge in [-0.25, -0.2) is 0 Å². The molecule has 39 heavy (non-hydrogen) atoms. The summed E-state index contributed by atoms with van der Waals surface area (Å²) in [6.45, 7) is 3.69. The number of aliphatic hydroxyl groups is 1. The van der Waals surface area contributed by atoms with E-state index >= 15 is 0 Å². The van der Waals surface area contributed by atoms with Crippen molar-refractivity contribution in [2.75, 3.05) is 57.2 Å². The predicted molar refractivity (Wildman–Crippen MR) is 149 cm³/mol. The number of hydrogen-bond acceptors (Lipinski definition) is 8. The summed E-state index contributed by atoms with van der Waals surface area (Å²) in [6.07, 6.45) is 1.44. The van der Waals surface area contributed by atoms with Crippen molar-refractivity contribution in [3.8, 4) is 11.5 Å². The van der Waals surface area contributed by atoms with Gasteiger partial charge in [-0.15, -0.1) is 0 Å². The molecule has 2 fully saturated rings. The Hall–Kier alpha value is -3.66. The van der Waals surface area contributed by atoms with E-state index in [0.717, 1.165) is 31.9 Å². The molecule has 0 radical (unpaired) electrons. The van der Waals surface area contributed by atoms with E-state index in [1.165, 1.54) is 31.4 Å². The fourth-order valence-corrected chi connectivity index (χ4v) is 5.68. The van der Waals surface area contributed by atoms with Crippen molar-refractivity contribution in [1.82, 2.24) is 4.90 Å². The quantitative estimate of drug-likeness (QED) is 0.251. The fourth-order valence-electron chi connectivity index (χ4n) is 5.00. The number of carbonyl (C=O) groups is 2. The Kier molecular flexibility index (Phi) is 7.48. The average molecular weight is 572 g/mol. The molecule has 2 saturated heterocycles. The van der Waals surface area contributed by atoms with Crippen LogP contribution in [0.3, 0.4) is 0 Å². The molecule has 0 saturated carbocycles. The van der Waals surface area contributed by atoms with Gasteiger partial charge in [-0.3, -0.25) is 14.5 Å². The zero-order chi connectivity index (χ0) is 27.8. The lowest BCUT2D eigenvalue weighted by molar-refractivity contribution is -0.132. The van der Waals surface area contributed by atoms with Gasteiger partial charge in [0.2, 0.25) is 0 Å². The van der Waals surface area contributed by atoms with Crippen molar-refractivity contribution in [2.45, 2.75) is 6.04 Å². The number of furan rings is 1. The van der Waals surface area contributed by atoms with Gasteiger partial charge in [0.25, 0.3) is 11.7 Å². The second-order valence-electron chi connectivity index (χ2n) is 9.28. The van der Waals surface area contributed by atoms with Crippen molar-refractivity contribution in [2.24, 2.45) is 0 Å². The molecule has 11 heteroatoms. The molecule has 1 unspecified atom stereocenters. The smallest absolute Gasteiger partial charge is 0.300 e. The van der Waals surface area contributed by atoms with Gasteiger partial charge in [0.15, 0.2) is 11.5 Å². The lowest BCUT2D eigenvalue weighted by atomic mass is 9.98. The zero-order valence-corrected chi connectivity index (χ0v) is 23.1. The van der Waals surface area contributed by atoms with Gasteiger partial charge in [-0.1, -0.05) is 23.2 Å². The molecule has 1 aromatic heterocycles. The van der Waals surface area contributed by atoms with Crippen molar-refractivity contribution in [3.05, 3.63) is 75.7 Å². The predicted octanol–water partition coefficient (Wildman–Crippen LogP) is 4.98. The summed E-state index contributed by atoms with van der Waals surface area (Å²) in [5.41, 5.74) is 1.35. The number of piperazine rings is 1. The Morgan fingerprint density at radius 2 is 1.62 bits per heavy atom. The Morgan fingerprint density at radius 1 is 0.974 bits per heavy atom. The number of carbonyl (C=O) groups excluding carboxylic acids is 2. The molecule has 9 nitrogen and oxygen atoms in total. The minimum Gasteiger partial charge on any atom is -0.507 e. The van der Waals surface area contributed by atoms with E-state index in [1.54, 1.807) is 24.3 Å². The molecule has 2 aliphatic rings. The van der Waals surface area contributed by atoms with Crippen LogP contribution >= 0.6 is 23.2 Å². The molecule has 1 amide bonds. The molecule has 0 bridgehead atoms. The number of aliphatic hydroxyl groups excluding tert-OH is 1. The highest BCUT2D eigenvalue weighted by molar-refractivity contribution is 6.51. The third kappa shape index (κ3) is 4.71. The molecular formula is C28H27Cl2N3O6. The van der Waals surface area contributed by atoms with Crippen LogP contribution < -0.4 is 19.3 Å². The van der Waals surface area contributed by atoms with Crippen LogP contribution in [0, 0.1) is 0 Å². The molecule has 3 heterocycles. The number of halogens is 2. The summed E-state index contributed by atoms with van der Waals surface area (Å²) in [4.78, 5) is 32.7. The van der Waals surface area contributed by atoms with E-state index in [4.69, 9.17) is 37.1 Å².